The summed E-state index contributed by atoms with van der Waals surface area (Å²) in [7, 11) is 0. The van der Waals surface area contributed by atoms with Crippen molar-refractivity contribution >= 4 is 0 Å². The maximum atomic E-state index is 6.10. The number of ether oxygens (including phenoxy) is 1. The fourth-order valence-corrected chi connectivity index (χ4v) is 3.47. The van der Waals surface area contributed by atoms with Gasteiger partial charge in [-0.1, -0.05) is 6.42 Å². The topological polar surface area (TPSA) is 38.5 Å². The minimum atomic E-state index is 0.509. The summed E-state index contributed by atoms with van der Waals surface area (Å²) in [6, 6.07) is 0.647. The summed E-state index contributed by atoms with van der Waals surface area (Å²) in [5, 5.41) is 0. The largest absolute Gasteiger partial charge is 0.373 e. The molecule has 2 heterocycles. The molecule has 3 rings (SSSR count). The van der Waals surface area contributed by atoms with Crippen molar-refractivity contribution < 1.29 is 4.74 Å². The monoisotopic (exact) mass is 210 g/mol. The van der Waals surface area contributed by atoms with Crippen molar-refractivity contribution in [2.75, 3.05) is 19.6 Å². The van der Waals surface area contributed by atoms with Crippen LogP contribution in [0.25, 0.3) is 0 Å². The Hall–Kier alpha value is -0.120. The number of likely N-dealkylation sites (tertiary alicyclic amines) is 1. The maximum absolute atomic E-state index is 6.10. The summed E-state index contributed by atoms with van der Waals surface area (Å²) < 4.78 is 6.10. The highest BCUT2D eigenvalue weighted by molar-refractivity contribution is 4.91. The van der Waals surface area contributed by atoms with Crippen LogP contribution in [-0.2, 0) is 4.74 Å². The van der Waals surface area contributed by atoms with Gasteiger partial charge < -0.3 is 10.5 Å². The van der Waals surface area contributed by atoms with Crippen molar-refractivity contribution in [3.05, 3.63) is 0 Å². The lowest BCUT2D eigenvalue weighted by atomic mass is 9.99. The molecule has 86 valence electrons. The first kappa shape index (κ1) is 10.1. The zero-order valence-electron chi connectivity index (χ0n) is 9.40. The molecule has 2 saturated heterocycles. The van der Waals surface area contributed by atoms with E-state index < -0.39 is 0 Å². The van der Waals surface area contributed by atoms with E-state index in [0.717, 1.165) is 19.0 Å². The Balaban J connectivity index is 1.49. The molecule has 1 saturated carbocycles. The summed E-state index contributed by atoms with van der Waals surface area (Å²) in [5.74, 6) is 0.882. The highest BCUT2D eigenvalue weighted by atomic mass is 16.5. The second-order valence-corrected chi connectivity index (χ2v) is 5.40. The van der Waals surface area contributed by atoms with E-state index >= 15 is 0 Å². The molecule has 0 spiro atoms. The molecular weight excluding hydrogens is 188 g/mol. The van der Waals surface area contributed by atoms with Crippen molar-refractivity contribution in [3.63, 3.8) is 0 Å². The molecule has 4 unspecified atom stereocenters. The molecule has 3 nitrogen and oxygen atoms in total. The van der Waals surface area contributed by atoms with Crippen molar-refractivity contribution in [1.82, 2.24) is 4.90 Å². The Morgan fingerprint density at radius 2 is 2.20 bits per heavy atom. The molecule has 4 atom stereocenters. The Bertz CT molecular complexity index is 220. The van der Waals surface area contributed by atoms with E-state index in [-0.39, 0.29) is 0 Å². The van der Waals surface area contributed by atoms with Crippen molar-refractivity contribution in [2.24, 2.45) is 11.7 Å². The quantitative estimate of drug-likeness (QED) is 0.754. The molecule has 2 N–H and O–H groups in total. The van der Waals surface area contributed by atoms with Gasteiger partial charge in [0.1, 0.15) is 0 Å². The highest BCUT2D eigenvalue weighted by Gasteiger charge is 2.40. The normalized spacial score (nSPS) is 45.4. The zero-order chi connectivity index (χ0) is 10.3. The van der Waals surface area contributed by atoms with Gasteiger partial charge in [-0.3, -0.25) is 4.90 Å². The predicted octanol–water partition coefficient (Wildman–Crippen LogP) is 0.977. The van der Waals surface area contributed by atoms with E-state index in [1.165, 1.54) is 38.6 Å². The molecule has 15 heavy (non-hydrogen) atoms. The fourth-order valence-electron chi connectivity index (χ4n) is 3.47. The molecule has 2 aliphatic heterocycles. The molecule has 3 aliphatic rings. The van der Waals surface area contributed by atoms with E-state index in [2.05, 4.69) is 4.90 Å². The van der Waals surface area contributed by atoms with Gasteiger partial charge in [-0.05, 0) is 31.6 Å². The van der Waals surface area contributed by atoms with Crippen LogP contribution < -0.4 is 5.73 Å². The van der Waals surface area contributed by atoms with Gasteiger partial charge in [0.05, 0.1) is 12.2 Å². The van der Waals surface area contributed by atoms with Gasteiger partial charge in [0.15, 0.2) is 0 Å². The van der Waals surface area contributed by atoms with Crippen molar-refractivity contribution in [3.8, 4) is 0 Å². The van der Waals surface area contributed by atoms with Crippen LogP contribution in [0.15, 0.2) is 0 Å². The number of nitrogens with two attached hydrogens (primary N) is 1. The standard InChI is InChI=1S/C12H22N2O/c13-7-10-4-5-14(10)8-11-6-9-2-1-3-12(9)15-11/h9-12H,1-8,13H2. The lowest BCUT2D eigenvalue weighted by Gasteiger charge is -2.41. The summed E-state index contributed by atoms with van der Waals surface area (Å²) in [6.45, 7) is 3.19. The van der Waals surface area contributed by atoms with Gasteiger partial charge in [-0.25, -0.2) is 0 Å². The smallest absolute Gasteiger partial charge is 0.0709 e. The van der Waals surface area contributed by atoms with Gasteiger partial charge in [-0.2, -0.15) is 0 Å². The number of fused-ring (bicyclic) bond motifs is 1. The Labute approximate surface area is 91.9 Å². The van der Waals surface area contributed by atoms with Crippen LogP contribution in [0.5, 0.6) is 0 Å². The van der Waals surface area contributed by atoms with Crippen LogP contribution in [0, 0.1) is 5.92 Å². The predicted molar refractivity (Wildman–Crippen MR) is 59.7 cm³/mol. The second kappa shape index (κ2) is 4.04. The molecule has 0 aromatic rings. The van der Waals surface area contributed by atoms with Gasteiger partial charge in [0.2, 0.25) is 0 Å². The summed E-state index contributed by atoms with van der Waals surface area (Å²) >= 11 is 0. The molecule has 0 radical (unpaired) electrons. The lowest BCUT2D eigenvalue weighted by molar-refractivity contribution is -0.0104. The van der Waals surface area contributed by atoms with Crippen LogP contribution in [0.1, 0.15) is 32.1 Å². The molecule has 3 heteroatoms. The number of nitrogens with zero attached hydrogens (tertiary/aromatic N) is 1. The van der Waals surface area contributed by atoms with E-state index in [9.17, 15) is 0 Å². The summed E-state index contributed by atoms with van der Waals surface area (Å²) in [5.41, 5.74) is 5.71. The van der Waals surface area contributed by atoms with Crippen molar-refractivity contribution in [1.29, 1.82) is 0 Å². The third-order valence-corrected chi connectivity index (χ3v) is 4.50. The Morgan fingerprint density at radius 1 is 1.27 bits per heavy atom. The van der Waals surface area contributed by atoms with Crippen LogP contribution >= 0.6 is 0 Å². The maximum Gasteiger partial charge on any atom is 0.0709 e. The molecule has 3 fully saturated rings. The molecule has 0 amide bonds. The van der Waals surface area contributed by atoms with Crippen LogP contribution in [-0.4, -0.2) is 42.8 Å². The third kappa shape index (κ3) is 1.81. The average Bonchev–Trinajstić information content (AvgIpc) is 2.72. The first-order valence-corrected chi connectivity index (χ1v) is 6.46. The first-order chi connectivity index (χ1) is 7.36. The van der Waals surface area contributed by atoms with E-state index in [4.69, 9.17) is 10.5 Å². The molecule has 1 aliphatic carbocycles. The van der Waals surface area contributed by atoms with Crippen LogP contribution in [0.3, 0.4) is 0 Å². The van der Waals surface area contributed by atoms with Gasteiger partial charge in [-0.15, -0.1) is 0 Å². The van der Waals surface area contributed by atoms with Gasteiger partial charge >= 0.3 is 0 Å². The van der Waals surface area contributed by atoms with E-state index in [1.54, 1.807) is 0 Å². The van der Waals surface area contributed by atoms with Crippen LogP contribution in [0.4, 0.5) is 0 Å². The van der Waals surface area contributed by atoms with E-state index in [1.807, 2.05) is 0 Å². The fraction of sp³-hybridized carbons (Fsp3) is 1.00. The first-order valence-electron chi connectivity index (χ1n) is 6.46. The summed E-state index contributed by atoms with van der Waals surface area (Å²) in [4.78, 5) is 2.51. The van der Waals surface area contributed by atoms with Crippen molar-refractivity contribution in [2.45, 2.75) is 50.4 Å². The second-order valence-electron chi connectivity index (χ2n) is 5.40. The molecule has 0 aromatic carbocycles. The van der Waals surface area contributed by atoms with Crippen LogP contribution in [0.2, 0.25) is 0 Å². The molecule has 0 aromatic heterocycles. The van der Waals surface area contributed by atoms with E-state index in [0.29, 0.717) is 18.2 Å². The number of rotatable bonds is 3. The Morgan fingerprint density at radius 3 is 2.87 bits per heavy atom. The highest BCUT2D eigenvalue weighted by Crippen LogP contribution is 2.39. The van der Waals surface area contributed by atoms with Gasteiger partial charge in [0.25, 0.3) is 0 Å². The third-order valence-electron chi connectivity index (χ3n) is 4.50. The minimum Gasteiger partial charge on any atom is -0.373 e. The zero-order valence-corrected chi connectivity index (χ0v) is 9.40. The minimum absolute atomic E-state index is 0.509. The summed E-state index contributed by atoms with van der Waals surface area (Å²) in [6.07, 6.45) is 7.80. The number of hydrogen-bond acceptors (Lipinski definition) is 3. The molecular formula is C12H22N2O. The lowest BCUT2D eigenvalue weighted by Crippen LogP contribution is -2.54. The SMILES string of the molecule is NCC1CCN1CC1CC2CCCC2O1. The Kier molecular flexibility index (Phi) is 2.71. The number of hydrogen-bond donors (Lipinski definition) is 1. The average molecular weight is 210 g/mol. The molecule has 0 bridgehead atoms. The van der Waals surface area contributed by atoms with Gasteiger partial charge in [0, 0.05) is 25.7 Å².